The van der Waals surface area contributed by atoms with Gasteiger partial charge in [0.1, 0.15) is 6.61 Å². The molecule has 0 aromatic carbocycles. The number of hydrogen-bond acceptors (Lipinski definition) is 5. The summed E-state index contributed by atoms with van der Waals surface area (Å²) in [7, 11) is 0. The Labute approximate surface area is 137 Å². The average molecular weight is 325 g/mol. The first-order chi connectivity index (χ1) is 10.6. The summed E-state index contributed by atoms with van der Waals surface area (Å²) in [5.74, 6) is 1.14. The number of carbonyl (C=O) groups excluding carboxylic acids is 1. The van der Waals surface area contributed by atoms with E-state index >= 15 is 0 Å². The van der Waals surface area contributed by atoms with E-state index in [0.29, 0.717) is 13.0 Å². The summed E-state index contributed by atoms with van der Waals surface area (Å²) in [6.07, 6.45) is 8.30. The Morgan fingerprint density at radius 2 is 2.36 bits per heavy atom. The molecule has 0 bridgehead atoms. The lowest BCUT2D eigenvalue weighted by atomic mass is 9.73. The quantitative estimate of drug-likeness (QED) is 0.601. The van der Waals surface area contributed by atoms with E-state index in [1.54, 1.807) is 17.8 Å². The highest BCUT2D eigenvalue weighted by atomic mass is 32.2. The van der Waals surface area contributed by atoms with Crippen molar-refractivity contribution < 1.29 is 14.7 Å². The van der Waals surface area contributed by atoms with E-state index in [1.807, 2.05) is 13.0 Å². The lowest BCUT2D eigenvalue weighted by Crippen LogP contribution is -2.53. The van der Waals surface area contributed by atoms with E-state index in [2.05, 4.69) is 12.1 Å². The van der Waals surface area contributed by atoms with Crippen molar-refractivity contribution in [2.24, 2.45) is 11.1 Å². The molecule has 3 atom stereocenters. The second-order valence-electron chi connectivity index (χ2n) is 6.10. The highest BCUT2D eigenvalue weighted by Gasteiger charge is 2.48. The summed E-state index contributed by atoms with van der Waals surface area (Å²) >= 11 is 1.77. The first-order valence-electron chi connectivity index (χ1n) is 8.33. The number of oxime groups is 1. The molecule has 0 amide bonds. The van der Waals surface area contributed by atoms with Gasteiger partial charge in [-0.15, -0.1) is 11.8 Å². The molecule has 4 nitrogen and oxygen atoms in total. The number of aliphatic hydroxyl groups is 1. The summed E-state index contributed by atoms with van der Waals surface area (Å²) < 4.78 is 0. The number of hydrogen-bond donors (Lipinski definition) is 1. The van der Waals surface area contributed by atoms with Crippen molar-refractivity contribution in [3.05, 3.63) is 12.2 Å². The number of thioether (sulfide) groups is 1. The third-order valence-electron chi connectivity index (χ3n) is 4.46. The van der Waals surface area contributed by atoms with Crippen LogP contribution in [-0.2, 0) is 9.63 Å². The molecule has 1 saturated heterocycles. The summed E-state index contributed by atoms with van der Waals surface area (Å²) in [6.45, 7) is 4.56. The predicted molar refractivity (Wildman–Crippen MR) is 91.3 cm³/mol. The van der Waals surface area contributed by atoms with E-state index in [1.165, 1.54) is 0 Å². The zero-order valence-corrected chi connectivity index (χ0v) is 14.4. The number of ketones is 1. The first kappa shape index (κ1) is 17.5. The van der Waals surface area contributed by atoms with Crippen LogP contribution < -0.4 is 0 Å². The molecular weight excluding hydrogens is 298 g/mol. The van der Waals surface area contributed by atoms with Gasteiger partial charge in [-0.3, -0.25) is 4.79 Å². The van der Waals surface area contributed by atoms with Crippen LogP contribution in [0.5, 0.6) is 0 Å². The second-order valence-corrected chi connectivity index (χ2v) is 7.31. The van der Waals surface area contributed by atoms with Gasteiger partial charge in [0.05, 0.1) is 16.6 Å². The molecular formula is C17H27NO3S. The van der Waals surface area contributed by atoms with Crippen molar-refractivity contribution in [1.29, 1.82) is 0 Å². The van der Waals surface area contributed by atoms with Gasteiger partial charge in [0.15, 0.2) is 5.78 Å². The molecule has 0 radical (unpaired) electrons. The molecule has 0 aromatic rings. The largest absolute Gasteiger partial charge is 0.396 e. The second kappa shape index (κ2) is 8.16. The van der Waals surface area contributed by atoms with E-state index in [-0.39, 0.29) is 17.0 Å². The fourth-order valence-corrected chi connectivity index (χ4v) is 4.90. The number of nitrogens with zero attached hydrogens (tertiary/aromatic N) is 1. The molecule has 5 heteroatoms. The highest BCUT2D eigenvalue weighted by Crippen LogP contribution is 2.44. The fraction of sp³-hybridized carbons (Fsp3) is 0.765. The van der Waals surface area contributed by atoms with Crippen LogP contribution in [0.3, 0.4) is 0 Å². The maximum atomic E-state index is 11.8. The van der Waals surface area contributed by atoms with Crippen molar-refractivity contribution in [2.75, 3.05) is 12.4 Å². The molecule has 1 fully saturated rings. The summed E-state index contributed by atoms with van der Waals surface area (Å²) in [5.41, 5.74) is 0.0904. The Balaban J connectivity index is 2.25. The van der Waals surface area contributed by atoms with Gasteiger partial charge >= 0.3 is 0 Å². The smallest absolute Gasteiger partial charge is 0.155 e. The zero-order chi connectivity index (χ0) is 16.0. The topological polar surface area (TPSA) is 58.9 Å². The van der Waals surface area contributed by atoms with Crippen molar-refractivity contribution in [3.8, 4) is 0 Å². The lowest BCUT2D eigenvalue weighted by Gasteiger charge is -2.45. The van der Waals surface area contributed by atoms with E-state index in [9.17, 15) is 9.90 Å². The zero-order valence-electron chi connectivity index (χ0n) is 13.6. The Bertz CT molecular complexity index is 449. The van der Waals surface area contributed by atoms with Crippen molar-refractivity contribution >= 4 is 23.3 Å². The fourth-order valence-electron chi connectivity index (χ4n) is 3.40. The van der Waals surface area contributed by atoms with Crippen LogP contribution in [0.4, 0.5) is 0 Å². The average Bonchev–Trinajstić information content (AvgIpc) is 2.52. The molecule has 1 N–H and O–H groups in total. The molecule has 2 aliphatic rings. The maximum absolute atomic E-state index is 11.8. The number of carbonyl (C=O) groups is 1. The van der Waals surface area contributed by atoms with E-state index in [4.69, 9.17) is 4.84 Å². The minimum Gasteiger partial charge on any atom is -0.396 e. The van der Waals surface area contributed by atoms with Gasteiger partial charge in [0, 0.05) is 6.42 Å². The van der Waals surface area contributed by atoms with Crippen LogP contribution >= 0.6 is 11.8 Å². The Kier molecular flexibility index (Phi) is 6.50. The molecule has 0 aromatic heterocycles. The molecule has 22 heavy (non-hydrogen) atoms. The van der Waals surface area contributed by atoms with Crippen molar-refractivity contribution in [1.82, 2.24) is 0 Å². The van der Waals surface area contributed by atoms with Gasteiger partial charge in [-0.2, -0.15) is 0 Å². The van der Waals surface area contributed by atoms with E-state index < -0.39 is 5.60 Å². The molecule has 1 aliphatic heterocycles. The summed E-state index contributed by atoms with van der Waals surface area (Å²) in [6, 6.07) is 0. The molecule has 1 aliphatic carbocycles. The lowest BCUT2D eigenvalue weighted by molar-refractivity contribution is -0.119. The van der Waals surface area contributed by atoms with Crippen LogP contribution in [-0.4, -0.2) is 39.8 Å². The van der Waals surface area contributed by atoms with Crippen LogP contribution in [0.15, 0.2) is 17.3 Å². The molecule has 0 spiro atoms. The molecule has 3 unspecified atom stereocenters. The van der Waals surface area contributed by atoms with Crippen LogP contribution in [0.1, 0.15) is 52.4 Å². The van der Waals surface area contributed by atoms with Crippen molar-refractivity contribution in [2.45, 2.75) is 63.2 Å². The van der Waals surface area contributed by atoms with Gasteiger partial charge in [-0.05, 0) is 50.4 Å². The van der Waals surface area contributed by atoms with Crippen LogP contribution in [0.25, 0.3) is 0 Å². The monoisotopic (exact) mass is 325 g/mol. The van der Waals surface area contributed by atoms with Gasteiger partial charge in [-0.1, -0.05) is 24.6 Å². The van der Waals surface area contributed by atoms with Gasteiger partial charge in [0.25, 0.3) is 0 Å². The molecule has 124 valence electrons. The Morgan fingerprint density at radius 3 is 3.05 bits per heavy atom. The van der Waals surface area contributed by atoms with E-state index in [0.717, 1.165) is 43.6 Å². The Morgan fingerprint density at radius 1 is 1.55 bits per heavy atom. The van der Waals surface area contributed by atoms with Crippen LogP contribution in [0, 0.1) is 5.92 Å². The van der Waals surface area contributed by atoms with Crippen molar-refractivity contribution in [3.63, 3.8) is 0 Å². The highest BCUT2D eigenvalue weighted by molar-refractivity contribution is 8.00. The number of allylic oxidation sites excluding steroid dienone is 2. The third kappa shape index (κ3) is 3.93. The normalized spacial score (nSPS) is 33.0. The third-order valence-corrected chi connectivity index (χ3v) is 6.00. The number of rotatable bonds is 6. The summed E-state index contributed by atoms with van der Waals surface area (Å²) in [5, 5.41) is 15.7. The first-order valence-corrected chi connectivity index (χ1v) is 9.38. The minimum absolute atomic E-state index is 0.00789. The maximum Gasteiger partial charge on any atom is 0.155 e. The van der Waals surface area contributed by atoms with Crippen LogP contribution in [0.2, 0.25) is 0 Å². The molecule has 1 heterocycles. The molecule has 0 saturated carbocycles. The predicted octanol–water partition coefficient (Wildman–Crippen LogP) is 3.34. The van der Waals surface area contributed by atoms with Gasteiger partial charge in [0.2, 0.25) is 0 Å². The standard InChI is InChI=1S/C17H27NO3S/c1-3-7-15(18-21-4-2)16-17(20,10-6-11-22-16)13-8-5-9-14(19)12-13/h5,9,13,16,20H,3-4,6-8,10-12H2,1-2H3. The molecule has 2 rings (SSSR count). The summed E-state index contributed by atoms with van der Waals surface area (Å²) in [4.78, 5) is 17.1. The Hall–Kier alpha value is -0.810. The minimum atomic E-state index is -0.853. The van der Waals surface area contributed by atoms with Gasteiger partial charge in [-0.25, -0.2) is 0 Å². The SMILES string of the molecule is CCCC(=NOCC)C1SCCCC1(O)C1CC=CC(=O)C1. The van der Waals surface area contributed by atoms with Gasteiger partial charge < -0.3 is 9.94 Å².